The van der Waals surface area contributed by atoms with Crippen molar-refractivity contribution >= 4 is 23.4 Å². The van der Waals surface area contributed by atoms with Gasteiger partial charge in [0, 0.05) is 7.05 Å². The van der Waals surface area contributed by atoms with Crippen molar-refractivity contribution in [2.45, 2.75) is 36.6 Å². The summed E-state index contributed by atoms with van der Waals surface area (Å²) in [6.45, 7) is 1.03. The number of ether oxygens (including phenoxy) is 1. The van der Waals surface area contributed by atoms with E-state index in [2.05, 4.69) is 10.3 Å². The van der Waals surface area contributed by atoms with Crippen LogP contribution >= 0.6 is 11.8 Å². The quantitative estimate of drug-likeness (QED) is 0.294. The minimum Gasteiger partial charge on any atom is -0.388 e. The average Bonchev–Trinajstić information content (AvgIpc) is 2.50. The Labute approximate surface area is 136 Å². The predicted octanol–water partition coefficient (Wildman–Crippen LogP) is -1.44. The molecule has 0 saturated carbocycles. The lowest BCUT2D eigenvalue weighted by Gasteiger charge is -2.35. The van der Waals surface area contributed by atoms with Crippen molar-refractivity contribution in [2.24, 2.45) is 7.05 Å². The van der Waals surface area contributed by atoms with Crippen LogP contribution in [0.15, 0.2) is 9.95 Å². The Hall–Kier alpha value is -1.46. The molecule has 128 valence electrons. The molecule has 0 bridgehead atoms. The van der Waals surface area contributed by atoms with E-state index in [0.717, 1.165) is 0 Å². The van der Waals surface area contributed by atoms with E-state index in [0.29, 0.717) is 5.16 Å². The zero-order valence-corrected chi connectivity index (χ0v) is 13.7. The number of carbonyl (C=O) groups is 1. The Morgan fingerprint density at radius 2 is 2.04 bits per heavy atom. The van der Waals surface area contributed by atoms with Crippen molar-refractivity contribution in [1.82, 2.24) is 9.55 Å². The van der Waals surface area contributed by atoms with Crippen LogP contribution in [0.3, 0.4) is 0 Å². The molecule has 2 heterocycles. The van der Waals surface area contributed by atoms with Crippen LogP contribution in [0, 0.1) is 0 Å². The highest BCUT2D eigenvalue weighted by atomic mass is 32.2. The summed E-state index contributed by atoms with van der Waals surface area (Å²) < 4.78 is 6.47. The number of Topliss-reactive ketones (excluding diaryl/α,β-unsaturated/α-hetero) is 1. The van der Waals surface area contributed by atoms with E-state index in [1.54, 1.807) is 6.26 Å². The lowest BCUT2D eigenvalue weighted by Crippen LogP contribution is -2.55. The first-order valence-electron chi connectivity index (χ1n) is 6.86. The molecule has 0 amide bonds. The molecule has 4 N–H and O–H groups in total. The van der Waals surface area contributed by atoms with E-state index >= 15 is 0 Å². The summed E-state index contributed by atoms with van der Waals surface area (Å²) in [6, 6.07) is 0. The molecule has 1 aromatic rings. The summed E-state index contributed by atoms with van der Waals surface area (Å²) in [6.07, 6.45) is -3.45. The van der Waals surface area contributed by atoms with E-state index in [-0.39, 0.29) is 18.0 Å². The molecule has 1 aliphatic heterocycles. The van der Waals surface area contributed by atoms with Crippen LogP contribution in [0.25, 0.3) is 0 Å². The highest BCUT2D eigenvalue weighted by molar-refractivity contribution is 7.98. The lowest BCUT2D eigenvalue weighted by molar-refractivity contribution is -0.178. The minimum absolute atomic E-state index is 0.0300. The van der Waals surface area contributed by atoms with Gasteiger partial charge in [0.05, 0.1) is 6.61 Å². The van der Waals surface area contributed by atoms with Gasteiger partial charge in [0.1, 0.15) is 29.7 Å². The summed E-state index contributed by atoms with van der Waals surface area (Å²) >= 11 is 1.22. The number of nitrogens with zero attached hydrogens (tertiary/aromatic N) is 2. The van der Waals surface area contributed by atoms with Crippen molar-refractivity contribution in [3.05, 3.63) is 15.9 Å². The smallest absolute Gasteiger partial charge is 0.266 e. The average molecular weight is 345 g/mol. The second-order valence-electron chi connectivity index (χ2n) is 5.19. The second kappa shape index (κ2) is 6.97. The number of aromatic nitrogens is 2. The monoisotopic (exact) mass is 345 g/mol. The largest absolute Gasteiger partial charge is 0.388 e. The number of thioether (sulfide) groups is 1. The zero-order valence-electron chi connectivity index (χ0n) is 12.9. The van der Waals surface area contributed by atoms with Crippen molar-refractivity contribution in [3.63, 3.8) is 0 Å². The van der Waals surface area contributed by atoms with Crippen LogP contribution in [-0.4, -0.2) is 68.1 Å². The van der Waals surface area contributed by atoms with Gasteiger partial charge in [-0.2, -0.15) is 0 Å². The number of anilines is 1. The standard InChI is InChI=1S/C13H19N3O6S/c1-5(17)7-10(15-13(23-3)16(2)12(7)21)14-11-9(20)8(19)6(18)4-22-11/h6,8-9,11,14,18-20H,4H2,1-3H3/t6-,8-,9-,11+/m1/s1. The van der Waals surface area contributed by atoms with Gasteiger partial charge in [-0.25, -0.2) is 4.98 Å². The van der Waals surface area contributed by atoms with Gasteiger partial charge in [0.25, 0.3) is 5.56 Å². The van der Waals surface area contributed by atoms with Crippen LogP contribution in [-0.2, 0) is 11.8 Å². The molecular weight excluding hydrogens is 326 g/mol. The molecule has 10 heteroatoms. The van der Waals surface area contributed by atoms with Gasteiger partial charge in [0.2, 0.25) is 0 Å². The number of nitrogens with one attached hydrogen (secondary N) is 1. The highest BCUT2D eigenvalue weighted by Gasteiger charge is 2.38. The lowest BCUT2D eigenvalue weighted by atomic mass is 10.0. The second-order valence-corrected chi connectivity index (χ2v) is 5.96. The summed E-state index contributed by atoms with van der Waals surface area (Å²) in [4.78, 5) is 28.3. The molecule has 1 aliphatic rings. The van der Waals surface area contributed by atoms with E-state index in [9.17, 15) is 24.9 Å². The topological polar surface area (TPSA) is 134 Å². The summed E-state index contributed by atoms with van der Waals surface area (Å²) in [5, 5.41) is 32.1. The third-order valence-corrected chi connectivity index (χ3v) is 4.29. The fourth-order valence-corrected chi connectivity index (χ4v) is 2.79. The third-order valence-electron chi connectivity index (χ3n) is 3.56. The highest BCUT2D eigenvalue weighted by Crippen LogP contribution is 2.21. The Balaban J connectivity index is 2.41. The van der Waals surface area contributed by atoms with Crippen molar-refractivity contribution in [1.29, 1.82) is 0 Å². The van der Waals surface area contributed by atoms with E-state index in [1.165, 1.54) is 30.3 Å². The van der Waals surface area contributed by atoms with Gasteiger partial charge in [-0.15, -0.1) is 0 Å². The molecule has 1 saturated heterocycles. The van der Waals surface area contributed by atoms with Crippen LogP contribution in [0.5, 0.6) is 0 Å². The maximum Gasteiger partial charge on any atom is 0.266 e. The third kappa shape index (κ3) is 3.40. The first-order valence-corrected chi connectivity index (χ1v) is 8.08. The molecule has 0 unspecified atom stereocenters. The minimum atomic E-state index is -1.44. The summed E-state index contributed by atoms with van der Waals surface area (Å²) in [5.74, 6) is -0.517. The predicted molar refractivity (Wildman–Crippen MR) is 82.6 cm³/mol. The molecule has 9 nitrogen and oxygen atoms in total. The van der Waals surface area contributed by atoms with Gasteiger partial charge in [0.15, 0.2) is 17.2 Å². The fraction of sp³-hybridized carbons (Fsp3) is 0.615. The van der Waals surface area contributed by atoms with Gasteiger partial charge < -0.3 is 25.4 Å². The molecule has 0 aromatic carbocycles. The van der Waals surface area contributed by atoms with Crippen molar-refractivity contribution < 1.29 is 24.9 Å². The van der Waals surface area contributed by atoms with Crippen LogP contribution in [0.2, 0.25) is 0 Å². The Morgan fingerprint density at radius 3 is 2.61 bits per heavy atom. The maximum atomic E-state index is 12.3. The number of rotatable bonds is 4. The molecule has 1 aromatic heterocycles. The van der Waals surface area contributed by atoms with E-state index in [1.807, 2.05) is 0 Å². The van der Waals surface area contributed by atoms with E-state index < -0.39 is 35.9 Å². The molecule has 0 spiro atoms. The number of hydrogen-bond donors (Lipinski definition) is 4. The molecule has 0 radical (unpaired) electrons. The molecule has 4 atom stereocenters. The Bertz CT molecular complexity index is 664. The van der Waals surface area contributed by atoms with Crippen LogP contribution < -0.4 is 10.9 Å². The number of hydrogen-bond acceptors (Lipinski definition) is 9. The molecule has 2 rings (SSSR count). The molecule has 1 fully saturated rings. The van der Waals surface area contributed by atoms with Crippen LogP contribution in [0.4, 0.5) is 5.82 Å². The van der Waals surface area contributed by atoms with E-state index in [4.69, 9.17) is 4.74 Å². The Morgan fingerprint density at radius 1 is 1.39 bits per heavy atom. The number of carbonyl (C=O) groups excluding carboxylic acids is 1. The zero-order chi connectivity index (χ0) is 17.3. The first kappa shape index (κ1) is 17.9. The fourth-order valence-electron chi connectivity index (χ4n) is 2.25. The maximum absolute atomic E-state index is 12.3. The van der Waals surface area contributed by atoms with Gasteiger partial charge in [-0.1, -0.05) is 11.8 Å². The first-order chi connectivity index (χ1) is 10.8. The van der Waals surface area contributed by atoms with Crippen LogP contribution in [0.1, 0.15) is 17.3 Å². The number of ketones is 1. The van der Waals surface area contributed by atoms with Crippen molar-refractivity contribution in [3.8, 4) is 0 Å². The number of aliphatic hydroxyl groups excluding tert-OH is 3. The van der Waals surface area contributed by atoms with Gasteiger partial charge >= 0.3 is 0 Å². The van der Waals surface area contributed by atoms with Gasteiger partial charge in [-0.05, 0) is 13.2 Å². The Kier molecular flexibility index (Phi) is 5.42. The number of aliphatic hydroxyl groups is 3. The molecule has 23 heavy (non-hydrogen) atoms. The SMILES string of the molecule is CSc1nc(N[C@H]2OC[C@@H](O)[C@@H](O)[C@H]2O)c(C(C)=O)c(=O)n1C. The van der Waals surface area contributed by atoms with Gasteiger partial charge in [-0.3, -0.25) is 14.2 Å². The molecular formula is C13H19N3O6S. The van der Waals surface area contributed by atoms with Crippen molar-refractivity contribution in [2.75, 3.05) is 18.2 Å². The summed E-state index contributed by atoms with van der Waals surface area (Å²) in [5.41, 5.74) is -0.688. The summed E-state index contributed by atoms with van der Waals surface area (Å²) in [7, 11) is 1.50. The molecule has 0 aliphatic carbocycles. The normalized spacial score (nSPS) is 27.7.